The minimum atomic E-state index is -0.891. The molecule has 0 bridgehead atoms. The molecule has 0 aliphatic rings. The molecule has 2 amide bonds. The third kappa shape index (κ3) is 6.31. The average Bonchev–Trinajstić information content (AvgIpc) is 3.00. The standard InChI is InChI=1S/C15H17FN4O3S2/c1-2-3-4-11(12(21)22)24-15-20-19-14(25-15)18-13(23)17-10-7-5-9(16)6-8-10/h5-8,11H,2-4H2,1H3,(H,21,22)(H2,17,18,19,23)/t11-/m0/s1. The van der Waals surface area contributed by atoms with Gasteiger partial charge in [0.1, 0.15) is 11.1 Å². The van der Waals surface area contributed by atoms with Gasteiger partial charge in [-0.1, -0.05) is 42.9 Å². The number of carbonyl (C=O) groups is 2. The lowest BCUT2D eigenvalue weighted by Gasteiger charge is -2.08. The van der Waals surface area contributed by atoms with E-state index in [1.54, 1.807) is 0 Å². The molecule has 0 saturated carbocycles. The first-order valence-electron chi connectivity index (χ1n) is 7.54. The van der Waals surface area contributed by atoms with E-state index in [1.807, 2.05) is 6.92 Å². The molecule has 1 heterocycles. The van der Waals surface area contributed by atoms with Crippen molar-refractivity contribution in [3.63, 3.8) is 0 Å². The van der Waals surface area contributed by atoms with Crippen molar-refractivity contribution in [2.24, 2.45) is 0 Å². The number of urea groups is 1. The molecule has 1 aromatic carbocycles. The van der Waals surface area contributed by atoms with Crippen molar-refractivity contribution in [1.82, 2.24) is 10.2 Å². The Hall–Kier alpha value is -2.20. The summed E-state index contributed by atoms with van der Waals surface area (Å²) in [7, 11) is 0. The molecule has 0 aliphatic heterocycles. The van der Waals surface area contributed by atoms with Crippen LogP contribution in [0.15, 0.2) is 28.6 Å². The molecule has 0 fully saturated rings. The highest BCUT2D eigenvalue weighted by Crippen LogP contribution is 2.31. The molecular formula is C15H17FN4O3S2. The summed E-state index contributed by atoms with van der Waals surface area (Å²) in [6.45, 7) is 2.00. The number of carboxylic acids is 1. The van der Waals surface area contributed by atoms with Crippen LogP contribution >= 0.6 is 23.1 Å². The predicted octanol–water partition coefficient (Wildman–Crippen LogP) is 4.06. The number of aromatic nitrogens is 2. The SMILES string of the molecule is CCCC[C@H](Sc1nnc(NC(=O)Nc2ccc(F)cc2)s1)C(=O)O. The molecule has 2 aromatic rings. The van der Waals surface area contributed by atoms with Crippen LogP contribution in [0.1, 0.15) is 26.2 Å². The Balaban J connectivity index is 1.90. The number of aliphatic carboxylic acids is 1. The van der Waals surface area contributed by atoms with Gasteiger partial charge in [-0.3, -0.25) is 10.1 Å². The maximum Gasteiger partial charge on any atom is 0.325 e. The zero-order valence-corrected chi connectivity index (χ0v) is 15.0. The molecule has 0 aliphatic carbocycles. The Morgan fingerprint density at radius 3 is 2.64 bits per heavy atom. The summed E-state index contributed by atoms with van der Waals surface area (Å²) >= 11 is 2.22. The fourth-order valence-electron chi connectivity index (χ4n) is 1.84. The summed E-state index contributed by atoms with van der Waals surface area (Å²) in [6.07, 6.45) is 2.27. The maximum absolute atomic E-state index is 12.8. The molecule has 0 radical (unpaired) electrons. The van der Waals surface area contributed by atoms with E-state index in [9.17, 15) is 19.1 Å². The first kappa shape index (κ1) is 19.1. The van der Waals surface area contributed by atoms with Crippen LogP contribution in [0.5, 0.6) is 0 Å². The van der Waals surface area contributed by atoms with Crippen LogP contribution in [-0.4, -0.2) is 32.6 Å². The lowest BCUT2D eigenvalue weighted by molar-refractivity contribution is -0.136. The van der Waals surface area contributed by atoms with E-state index in [4.69, 9.17) is 0 Å². The Labute approximate surface area is 152 Å². The highest BCUT2D eigenvalue weighted by molar-refractivity contribution is 8.02. The first-order chi connectivity index (χ1) is 12.0. The number of anilines is 2. The summed E-state index contributed by atoms with van der Waals surface area (Å²) in [5.74, 6) is -1.29. The van der Waals surface area contributed by atoms with Crippen molar-refractivity contribution in [3.8, 4) is 0 Å². The lowest BCUT2D eigenvalue weighted by atomic mass is 10.2. The number of hydrogen-bond donors (Lipinski definition) is 3. The van der Waals surface area contributed by atoms with Crippen molar-refractivity contribution in [3.05, 3.63) is 30.1 Å². The minimum Gasteiger partial charge on any atom is -0.480 e. The summed E-state index contributed by atoms with van der Waals surface area (Å²) < 4.78 is 13.3. The van der Waals surface area contributed by atoms with E-state index in [0.717, 1.165) is 35.9 Å². The van der Waals surface area contributed by atoms with Crippen molar-refractivity contribution in [1.29, 1.82) is 0 Å². The highest BCUT2D eigenvalue weighted by atomic mass is 32.2. The second kappa shape index (κ2) is 9.33. The van der Waals surface area contributed by atoms with Gasteiger partial charge < -0.3 is 10.4 Å². The monoisotopic (exact) mass is 384 g/mol. The molecule has 0 spiro atoms. The second-order valence-corrected chi connectivity index (χ2v) is 7.47. The number of rotatable bonds is 8. The summed E-state index contributed by atoms with van der Waals surface area (Å²) in [4.78, 5) is 23.1. The Morgan fingerprint density at radius 2 is 2.00 bits per heavy atom. The molecular weight excluding hydrogens is 367 g/mol. The normalized spacial score (nSPS) is 11.8. The van der Waals surface area contributed by atoms with Crippen LogP contribution in [-0.2, 0) is 4.79 Å². The van der Waals surface area contributed by atoms with Gasteiger partial charge in [-0.05, 0) is 30.7 Å². The topological polar surface area (TPSA) is 104 Å². The molecule has 1 atom stereocenters. The van der Waals surface area contributed by atoms with Crippen LogP contribution in [0.3, 0.4) is 0 Å². The number of amides is 2. The molecule has 25 heavy (non-hydrogen) atoms. The Kier molecular flexibility index (Phi) is 7.14. The van der Waals surface area contributed by atoms with Gasteiger partial charge in [0.25, 0.3) is 0 Å². The number of unbranched alkanes of at least 4 members (excludes halogenated alkanes) is 1. The van der Waals surface area contributed by atoms with Gasteiger partial charge in [-0.25, -0.2) is 9.18 Å². The second-order valence-electron chi connectivity index (χ2n) is 5.05. The number of hydrogen-bond acceptors (Lipinski definition) is 6. The molecule has 10 heteroatoms. The van der Waals surface area contributed by atoms with E-state index >= 15 is 0 Å². The van der Waals surface area contributed by atoms with Crippen molar-refractivity contribution < 1.29 is 19.1 Å². The lowest BCUT2D eigenvalue weighted by Crippen LogP contribution is -2.19. The number of thioether (sulfide) groups is 1. The number of benzene rings is 1. The molecule has 2 rings (SSSR count). The van der Waals surface area contributed by atoms with Crippen LogP contribution < -0.4 is 10.6 Å². The van der Waals surface area contributed by atoms with Gasteiger partial charge in [0.05, 0.1) is 0 Å². The molecule has 0 unspecified atom stereocenters. The van der Waals surface area contributed by atoms with Crippen molar-refractivity contribution in [2.75, 3.05) is 10.6 Å². The fourth-order valence-corrected chi connectivity index (χ4v) is 3.81. The number of halogens is 1. The zero-order valence-electron chi connectivity index (χ0n) is 13.4. The van der Waals surface area contributed by atoms with Crippen LogP contribution in [0.2, 0.25) is 0 Å². The molecule has 7 nitrogen and oxygen atoms in total. The van der Waals surface area contributed by atoms with Gasteiger partial charge in [0, 0.05) is 5.69 Å². The van der Waals surface area contributed by atoms with Gasteiger partial charge in [0.2, 0.25) is 5.13 Å². The smallest absolute Gasteiger partial charge is 0.325 e. The largest absolute Gasteiger partial charge is 0.480 e. The highest BCUT2D eigenvalue weighted by Gasteiger charge is 2.21. The number of nitrogens with one attached hydrogen (secondary N) is 2. The quantitative estimate of drug-likeness (QED) is 0.468. The van der Waals surface area contributed by atoms with Gasteiger partial charge >= 0.3 is 12.0 Å². The Bertz CT molecular complexity index is 724. The van der Waals surface area contributed by atoms with E-state index in [1.165, 1.54) is 24.3 Å². The van der Waals surface area contributed by atoms with Gasteiger partial charge in [0.15, 0.2) is 4.34 Å². The minimum absolute atomic E-state index is 0.252. The average molecular weight is 384 g/mol. The molecule has 3 N–H and O–H groups in total. The van der Waals surface area contributed by atoms with Crippen molar-refractivity contribution in [2.45, 2.75) is 35.8 Å². The number of nitrogens with zero attached hydrogens (tertiary/aromatic N) is 2. The molecule has 1 aromatic heterocycles. The predicted molar refractivity (Wildman–Crippen MR) is 95.8 cm³/mol. The summed E-state index contributed by atoms with van der Waals surface area (Å²) in [5.41, 5.74) is 0.434. The molecule has 0 saturated heterocycles. The zero-order chi connectivity index (χ0) is 18.2. The summed E-state index contributed by atoms with van der Waals surface area (Å²) in [5, 5.41) is 21.7. The maximum atomic E-state index is 12.8. The molecule has 134 valence electrons. The first-order valence-corrected chi connectivity index (χ1v) is 9.24. The van der Waals surface area contributed by atoms with Gasteiger partial charge in [-0.15, -0.1) is 10.2 Å². The fraction of sp³-hybridized carbons (Fsp3) is 0.333. The van der Waals surface area contributed by atoms with Crippen LogP contribution in [0.25, 0.3) is 0 Å². The van der Waals surface area contributed by atoms with Crippen LogP contribution in [0, 0.1) is 5.82 Å². The van der Waals surface area contributed by atoms with Gasteiger partial charge in [-0.2, -0.15) is 0 Å². The Morgan fingerprint density at radius 1 is 1.28 bits per heavy atom. The van der Waals surface area contributed by atoms with Crippen molar-refractivity contribution >= 4 is 45.9 Å². The van der Waals surface area contributed by atoms with E-state index < -0.39 is 23.1 Å². The van der Waals surface area contributed by atoms with E-state index in [-0.39, 0.29) is 5.13 Å². The van der Waals surface area contributed by atoms with E-state index in [0.29, 0.717) is 16.4 Å². The van der Waals surface area contributed by atoms with E-state index in [2.05, 4.69) is 20.8 Å². The number of carbonyl (C=O) groups excluding carboxylic acids is 1. The summed E-state index contributed by atoms with van der Waals surface area (Å²) in [6, 6.07) is 4.79. The third-order valence-corrected chi connectivity index (χ3v) is 5.24. The number of carboxylic acid groups (broad SMARTS) is 1. The van der Waals surface area contributed by atoms with Crippen LogP contribution in [0.4, 0.5) is 20.0 Å². The third-order valence-electron chi connectivity index (χ3n) is 3.07.